The van der Waals surface area contributed by atoms with E-state index in [1.54, 1.807) is 18.7 Å². The number of ether oxygens (including phenoxy) is 1. The van der Waals surface area contributed by atoms with Crippen molar-refractivity contribution in [3.8, 4) is 5.75 Å². The van der Waals surface area contributed by atoms with Crippen LogP contribution in [0.4, 0.5) is 5.69 Å². The average Bonchev–Trinajstić information content (AvgIpc) is 3.07. The molecule has 1 N–H and O–H groups in total. The number of sulfonamides is 1. The molecule has 0 aromatic heterocycles. The Hall–Kier alpha value is -2.13. The number of nitrogens with zero attached hydrogens (tertiary/aromatic N) is 2. The summed E-state index contributed by atoms with van der Waals surface area (Å²) < 4.78 is 32.2. The second-order valence-corrected chi connectivity index (χ2v) is 8.97. The van der Waals surface area contributed by atoms with Crippen molar-refractivity contribution in [1.29, 1.82) is 0 Å². The summed E-state index contributed by atoms with van der Waals surface area (Å²) in [5.41, 5.74) is 0.283. The molecule has 1 aromatic rings. The Morgan fingerprint density at radius 1 is 1.28 bits per heavy atom. The van der Waals surface area contributed by atoms with Gasteiger partial charge in [-0.2, -0.15) is 4.31 Å². The minimum atomic E-state index is -3.67. The molecule has 1 aliphatic heterocycles. The van der Waals surface area contributed by atoms with E-state index in [0.717, 1.165) is 12.8 Å². The van der Waals surface area contributed by atoms with Gasteiger partial charge in [-0.15, -0.1) is 0 Å². The zero-order valence-electron chi connectivity index (χ0n) is 17.6. The lowest BCUT2D eigenvalue weighted by atomic mass is 10.1. The number of carbonyl (C=O) groups excluding carboxylic acids is 2. The molecular formula is C20H31N3O5S. The summed E-state index contributed by atoms with van der Waals surface area (Å²) in [6.07, 6.45) is 2.04. The van der Waals surface area contributed by atoms with Gasteiger partial charge < -0.3 is 15.0 Å². The van der Waals surface area contributed by atoms with Gasteiger partial charge in [-0.25, -0.2) is 8.42 Å². The van der Waals surface area contributed by atoms with E-state index in [4.69, 9.17) is 4.74 Å². The molecule has 2 amide bonds. The average molecular weight is 426 g/mol. The van der Waals surface area contributed by atoms with Gasteiger partial charge in [0.15, 0.2) is 0 Å². The minimum absolute atomic E-state index is 0.0246. The number of anilines is 1. The fourth-order valence-corrected chi connectivity index (χ4v) is 4.89. The second-order valence-electron chi connectivity index (χ2n) is 7.04. The normalized spacial score (nSPS) is 17.1. The van der Waals surface area contributed by atoms with Crippen LogP contribution in [0.15, 0.2) is 23.1 Å². The van der Waals surface area contributed by atoms with E-state index in [-0.39, 0.29) is 28.8 Å². The summed E-state index contributed by atoms with van der Waals surface area (Å²) >= 11 is 0. The lowest BCUT2D eigenvalue weighted by Gasteiger charge is -2.20. The first-order valence-electron chi connectivity index (χ1n) is 10.0. The van der Waals surface area contributed by atoms with Crippen LogP contribution >= 0.6 is 0 Å². The van der Waals surface area contributed by atoms with Gasteiger partial charge in [0.2, 0.25) is 21.8 Å². The largest absolute Gasteiger partial charge is 0.495 e. The molecule has 29 heavy (non-hydrogen) atoms. The Bertz CT molecular complexity index is 837. The number of nitrogens with one attached hydrogen (secondary N) is 1. The summed E-state index contributed by atoms with van der Waals surface area (Å²) in [6.45, 7) is 7.33. The van der Waals surface area contributed by atoms with E-state index in [9.17, 15) is 18.0 Å². The highest BCUT2D eigenvalue weighted by molar-refractivity contribution is 7.89. The number of hydrogen-bond donors (Lipinski definition) is 1. The van der Waals surface area contributed by atoms with Crippen LogP contribution in [-0.4, -0.2) is 62.7 Å². The van der Waals surface area contributed by atoms with Crippen molar-refractivity contribution in [1.82, 2.24) is 9.21 Å². The molecule has 1 aromatic carbocycles. The lowest BCUT2D eigenvalue weighted by Crippen LogP contribution is -2.31. The number of hydrogen-bond acceptors (Lipinski definition) is 5. The van der Waals surface area contributed by atoms with Crippen LogP contribution in [0.25, 0.3) is 0 Å². The van der Waals surface area contributed by atoms with Crippen molar-refractivity contribution in [3.05, 3.63) is 18.2 Å². The smallest absolute Gasteiger partial charge is 0.243 e. The maximum Gasteiger partial charge on any atom is 0.243 e. The first-order chi connectivity index (χ1) is 13.8. The van der Waals surface area contributed by atoms with Crippen LogP contribution in [0.3, 0.4) is 0 Å². The number of amides is 2. The quantitative estimate of drug-likeness (QED) is 0.621. The highest BCUT2D eigenvalue weighted by Gasteiger charge is 2.34. The van der Waals surface area contributed by atoms with Gasteiger partial charge in [0.05, 0.1) is 23.6 Å². The van der Waals surface area contributed by atoms with Gasteiger partial charge in [-0.3, -0.25) is 9.59 Å². The number of likely N-dealkylation sites (tertiary alicyclic amines) is 1. The van der Waals surface area contributed by atoms with E-state index in [0.29, 0.717) is 31.9 Å². The number of methoxy groups -OCH3 is 1. The molecule has 162 valence electrons. The van der Waals surface area contributed by atoms with Crippen molar-refractivity contribution in [2.75, 3.05) is 38.6 Å². The Labute approximate surface area is 173 Å². The maximum absolute atomic E-state index is 12.8. The summed E-state index contributed by atoms with van der Waals surface area (Å²) in [6, 6.07) is 4.41. The van der Waals surface area contributed by atoms with E-state index >= 15 is 0 Å². The molecule has 1 unspecified atom stereocenters. The van der Waals surface area contributed by atoms with Crippen molar-refractivity contribution in [2.24, 2.45) is 5.92 Å². The molecule has 0 saturated carbocycles. The van der Waals surface area contributed by atoms with Crippen molar-refractivity contribution >= 4 is 27.5 Å². The van der Waals surface area contributed by atoms with E-state index in [1.165, 1.54) is 29.6 Å². The molecule has 1 heterocycles. The lowest BCUT2D eigenvalue weighted by molar-refractivity contribution is -0.128. The highest BCUT2D eigenvalue weighted by Crippen LogP contribution is 2.30. The Kier molecular flexibility index (Phi) is 8.04. The van der Waals surface area contributed by atoms with Crippen molar-refractivity contribution < 1.29 is 22.7 Å². The van der Waals surface area contributed by atoms with Gasteiger partial charge in [-0.05, 0) is 24.6 Å². The number of carbonyl (C=O) groups is 2. The first-order valence-corrected chi connectivity index (χ1v) is 11.5. The second kappa shape index (κ2) is 10.1. The predicted molar refractivity (Wildman–Crippen MR) is 111 cm³/mol. The molecule has 0 aliphatic carbocycles. The Balaban J connectivity index is 2.21. The minimum Gasteiger partial charge on any atom is -0.495 e. The van der Waals surface area contributed by atoms with Crippen LogP contribution in [0.5, 0.6) is 5.75 Å². The summed E-state index contributed by atoms with van der Waals surface area (Å²) in [5, 5.41) is 2.76. The van der Waals surface area contributed by atoms with Gasteiger partial charge in [0, 0.05) is 32.6 Å². The van der Waals surface area contributed by atoms with Crippen LogP contribution in [-0.2, 0) is 19.6 Å². The molecule has 9 heteroatoms. The standard InChI is InChI=1S/C20H31N3O5S/c1-5-8-11-22-14-15(12-19(22)24)20(25)21-17-13-16(9-10-18(17)28-4)29(26,27)23(6-2)7-3/h9-10,13,15H,5-8,11-12,14H2,1-4H3,(H,21,25). The van der Waals surface area contributed by atoms with Crippen LogP contribution in [0.2, 0.25) is 0 Å². The summed E-state index contributed by atoms with van der Waals surface area (Å²) in [4.78, 5) is 26.7. The monoisotopic (exact) mass is 425 g/mol. The SMILES string of the molecule is CCCCN1CC(C(=O)Nc2cc(S(=O)(=O)N(CC)CC)ccc2OC)CC1=O. The Morgan fingerprint density at radius 3 is 2.55 bits per heavy atom. The van der Waals surface area contributed by atoms with Gasteiger partial charge in [-0.1, -0.05) is 27.2 Å². The third kappa shape index (κ3) is 5.27. The van der Waals surface area contributed by atoms with Crippen LogP contribution in [0, 0.1) is 5.92 Å². The molecule has 0 radical (unpaired) electrons. The number of unbranched alkanes of at least 4 members (excludes halogenated alkanes) is 1. The zero-order valence-corrected chi connectivity index (χ0v) is 18.4. The van der Waals surface area contributed by atoms with Crippen LogP contribution in [0.1, 0.15) is 40.0 Å². The van der Waals surface area contributed by atoms with E-state index < -0.39 is 15.9 Å². The fourth-order valence-electron chi connectivity index (χ4n) is 3.41. The van der Waals surface area contributed by atoms with Gasteiger partial charge in [0.25, 0.3) is 0 Å². The van der Waals surface area contributed by atoms with E-state index in [2.05, 4.69) is 12.2 Å². The van der Waals surface area contributed by atoms with Gasteiger partial charge in [0.1, 0.15) is 5.75 Å². The van der Waals surface area contributed by atoms with Gasteiger partial charge >= 0.3 is 0 Å². The topological polar surface area (TPSA) is 96.0 Å². The summed E-state index contributed by atoms with van der Waals surface area (Å²) in [5.74, 6) is -0.437. The van der Waals surface area contributed by atoms with E-state index in [1.807, 2.05) is 0 Å². The molecule has 1 saturated heterocycles. The number of benzene rings is 1. The predicted octanol–water partition coefficient (Wildman–Crippen LogP) is 2.31. The zero-order chi connectivity index (χ0) is 21.6. The molecule has 0 spiro atoms. The molecule has 2 rings (SSSR count). The molecule has 1 fully saturated rings. The van der Waals surface area contributed by atoms with Crippen molar-refractivity contribution in [3.63, 3.8) is 0 Å². The molecule has 1 atom stereocenters. The molecule has 1 aliphatic rings. The summed E-state index contributed by atoms with van der Waals surface area (Å²) in [7, 11) is -2.21. The Morgan fingerprint density at radius 2 is 1.97 bits per heavy atom. The third-order valence-electron chi connectivity index (χ3n) is 5.14. The number of rotatable bonds is 10. The first kappa shape index (κ1) is 23.2. The maximum atomic E-state index is 12.8. The van der Waals surface area contributed by atoms with Crippen LogP contribution < -0.4 is 10.1 Å². The molecular weight excluding hydrogens is 394 g/mol. The highest BCUT2D eigenvalue weighted by atomic mass is 32.2. The van der Waals surface area contributed by atoms with Crippen molar-refractivity contribution in [2.45, 2.75) is 44.9 Å². The molecule has 8 nitrogen and oxygen atoms in total. The third-order valence-corrected chi connectivity index (χ3v) is 7.18. The molecule has 0 bridgehead atoms. The fraction of sp³-hybridized carbons (Fsp3) is 0.600.